The number of hydrogen-bond acceptors (Lipinski definition) is 9. The van der Waals surface area contributed by atoms with E-state index in [0.29, 0.717) is 48.2 Å². The number of hydrogen-bond donors (Lipinski definition) is 3. The molecule has 5 heterocycles. The van der Waals surface area contributed by atoms with Crippen LogP contribution in [0.15, 0.2) is 83.6 Å². The molecule has 12 nitrogen and oxygen atoms in total. The van der Waals surface area contributed by atoms with Gasteiger partial charge < -0.3 is 19.9 Å². The number of piperidine rings is 2. The quantitative estimate of drug-likeness (QED) is 0.127. The first-order valence-corrected chi connectivity index (χ1v) is 27.3. The highest BCUT2D eigenvalue weighted by Gasteiger charge is 2.48. The van der Waals surface area contributed by atoms with E-state index in [1.54, 1.807) is 0 Å². The maximum atomic E-state index is 13.9. The number of dihydropyridines is 1. The van der Waals surface area contributed by atoms with Crippen molar-refractivity contribution >= 4 is 47.1 Å². The van der Waals surface area contributed by atoms with Crippen LogP contribution >= 0.6 is 0 Å². The Morgan fingerprint density at radius 2 is 1.61 bits per heavy atom. The van der Waals surface area contributed by atoms with E-state index in [9.17, 15) is 19.2 Å². The van der Waals surface area contributed by atoms with E-state index in [1.165, 1.54) is 92.2 Å². The maximum absolute atomic E-state index is 13.9. The van der Waals surface area contributed by atoms with Crippen LogP contribution < -0.4 is 16.0 Å². The highest BCUT2D eigenvalue weighted by atomic mass is 16.6. The average Bonchev–Trinajstić information content (AvgIpc) is 3.57. The van der Waals surface area contributed by atoms with Crippen LogP contribution in [-0.4, -0.2) is 82.8 Å². The number of amides is 4. The lowest BCUT2D eigenvalue weighted by molar-refractivity contribution is -0.133. The molecule has 6 aliphatic rings. The molecule has 72 heavy (non-hydrogen) atoms. The third-order valence-corrected chi connectivity index (χ3v) is 17.3. The molecule has 4 amide bonds. The smallest absolute Gasteiger partial charge is 0.413 e. The monoisotopic (exact) mass is 978 g/mol. The predicted octanol–water partition coefficient (Wildman–Crippen LogP) is 12.2. The molecule has 1 aromatic heterocycles. The number of aromatic nitrogens is 1. The fraction of sp³-hybridized carbons (Fsp3) is 0.567. The number of likely N-dealkylation sites (tertiary alicyclic amines) is 1. The number of rotatable bonds is 11. The molecule has 4 fully saturated rings. The maximum Gasteiger partial charge on any atom is 0.413 e. The number of pyridine rings is 1. The van der Waals surface area contributed by atoms with Gasteiger partial charge in [0.2, 0.25) is 11.8 Å². The first-order chi connectivity index (χ1) is 34.5. The topological polar surface area (TPSA) is 145 Å². The standard InChI is InChI=1S/C60H79N7O5/c1-38-34-48(63-51-25-27-54(68)65-55(51)69)23-24-49(38)45-13-8-10-40(14-15-45)35-41-29-32-67(33-30-41)56(70)46-20-18-44(19-21-46)43-12-9-11-42(16-17-43)39(2)52-36-60(6)50(28-31-61-57(60)66(52)7)47-22-26-53(62-37-47)64-58(71)72-59(3,4)5/h18-24,26,28,31,34,36-37,39-43,45,51,57,63H,8-17,25,27,29-30,32-33,35H2,1-7H3,(H,62,64,71)(H,65,68,69)/t39-,40?,42-,43?,45?,51?,57?,60?/m1/s1. The SMILES string of the molecule is Cc1cc(NC2CCC(=O)NC2=O)ccc1C1CCCC(CC2CCN(C(=O)c3ccc(C4CCC[C@@H]([C@@H](C)C5=CC6(C)C(c7ccc(NC(=O)OC(C)(C)C)nc7)=CC=NC6N5C)CC4)cc3)CC2)CC1. The number of imide groups is 1. The van der Waals surface area contributed by atoms with E-state index in [2.05, 4.69) is 113 Å². The lowest BCUT2D eigenvalue weighted by atomic mass is 9.75. The van der Waals surface area contributed by atoms with Crippen LogP contribution in [0.2, 0.25) is 0 Å². The van der Waals surface area contributed by atoms with E-state index in [-0.39, 0.29) is 35.3 Å². The van der Waals surface area contributed by atoms with E-state index in [1.807, 2.05) is 45.3 Å². The van der Waals surface area contributed by atoms with Gasteiger partial charge in [-0.2, -0.15) is 0 Å². The van der Waals surface area contributed by atoms with Gasteiger partial charge in [-0.3, -0.25) is 30.0 Å². The lowest BCUT2D eigenvalue weighted by Crippen LogP contribution is -2.47. The van der Waals surface area contributed by atoms with Crippen molar-refractivity contribution in [2.24, 2.45) is 34.1 Å². The van der Waals surface area contributed by atoms with Crippen LogP contribution in [0, 0.1) is 36.0 Å². The molecule has 8 atom stereocenters. The Kier molecular flexibility index (Phi) is 15.4. The van der Waals surface area contributed by atoms with Crippen molar-refractivity contribution in [3.63, 3.8) is 0 Å². The number of fused-ring (bicyclic) bond motifs is 1. The molecule has 2 saturated carbocycles. The number of nitrogens with one attached hydrogen (secondary N) is 3. The second kappa shape index (κ2) is 21.7. The molecule has 0 spiro atoms. The van der Waals surface area contributed by atoms with Crippen molar-refractivity contribution in [1.82, 2.24) is 20.1 Å². The van der Waals surface area contributed by atoms with E-state index in [0.717, 1.165) is 55.1 Å². The number of carbonyl (C=O) groups excluding carboxylic acids is 4. The van der Waals surface area contributed by atoms with Gasteiger partial charge in [0.15, 0.2) is 0 Å². The Morgan fingerprint density at radius 3 is 2.33 bits per heavy atom. The number of benzene rings is 2. The molecular formula is C60H79N7O5. The van der Waals surface area contributed by atoms with Crippen molar-refractivity contribution in [2.45, 2.75) is 167 Å². The molecule has 4 aliphatic heterocycles. The Bertz CT molecular complexity index is 2550. The molecule has 2 saturated heterocycles. The molecule has 12 heteroatoms. The summed E-state index contributed by atoms with van der Waals surface area (Å²) in [4.78, 5) is 64.2. The van der Waals surface area contributed by atoms with E-state index < -0.39 is 11.7 Å². The number of ether oxygens (including phenoxy) is 1. The number of carbonyl (C=O) groups is 4. The van der Waals surface area contributed by atoms with Gasteiger partial charge >= 0.3 is 6.09 Å². The largest absolute Gasteiger partial charge is 0.444 e. The van der Waals surface area contributed by atoms with Crippen molar-refractivity contribution in [3.8, 4) is 0 Å². The van der Waals surface area contributed by atoms with Crippen LogP contribution in [0.4, 0.5) is 16.3 Å². The minimum Gasteiger partial charge on any atom is -0.444 e. The van der Waals surface area contributed by atoms with Crippen molar-refractivity contribution in [2.75, 3.05) is 30.8 Å². The highest BCUT2D eigenvalue weighted by molar-refractivity contribution is 6.01. The van der Waals surface area contributed by atoms with Crippen LogP contribution in [-0.2, 0) is 14.3 Å². The first-order valence-electron chi connectivity index (χ1n) is 27.3. The summed E-state index contributed by atoms with van der Waals surface area (Å²) >= 11 is 0. The van der Waals surface area contributed by atoms with Crippen LogP contribution in [0.3, 0.4) is 0 Å². The van der Waals surface area contributed by atoms with Crippen molar-refractivity contribution < 1.29 is 23.9 Å². The molecule has 384 valence electrons. The summed E-state index contributed by atoms with van der Waals surface area (Å²) in [6.45, 7) is 14.1. The molecular weight excluding hydrogens is 899 g/mol. The normalized spacial score (nSPS) is 27.7. The van der Waals surface area contributed by atoms with Gasteiger partial charge in [0.05, 0.1) is 5.41 Å². The number of aliphatic imine (C=N–C) groups is 1. The number of nitrogens with zero attached hydrogens (tertiary/aromatic N) is 4. The first kappa shape index (κ1) is 51.1. The fourth-order valence-electron chi connectivity index (χ4n) is 13.3. The zero-order chi connectivity index (χ0) is 50.7. The van der Waals surface area contributed by atoms with Gasteiger partial charge in [-0.05, 0) is 211 Å². The van der Waals surface area contributed by atoms with Gasteiger partial charge in [-0.25, -0.2) is 9.78 Å². The van der Waals surface area contributed by atoms with Crippen LogP contribution in [0.1, 0.15) is 175 Å². The van der Waals surface area contributed by atoms with Gasteiger partial charge in [-0.15, -0.1) is 0 Å². The Labute approximate surface area is 428 Å². The van der Waals surface area contributed by atoms with E-state index >= 15 is 0 Å². The molecule has 9 rings (SSSR count). The predicted molar refractivity (Wildman–Crippen MR) is 287 cm³/mol. The van der Waals surface area contributed by atoms with Gasteiger partial charge in [-0.1, -0.05) is 50.5 Å². The number of anilines is 2. The highest BCUT2D eigenvalue weighted by Crippen LogP contribution is 2.52. The van der Waals surface area contributed by atoms with Crippen molar-refractivity contribution in [3.05, 3.63) is 106 Å². The Morgan fingerprint density at radius 1 is 0.875 bits per heavy atom. The lowest BCUT2D eigenvalue weighted by Gasteiger charge is -2.37. The third kappa shape index (κ3) is 11.7. The Hall–Kier alpha value is -5.78. The average molecular weight is 978 g/mol. The zero-order valence-electron chi connectivity index (χ0n) is 44.0. The second-order valence-corrected chi connectivity index (χ2v) is 23.4. The number of allylic oxidation sites excluding steroid dienone is 2. The van der Waals surface area contributed by atoms with Crippen LogP contribution in [0.5, 0.6) is 0 Å². The molecule has 0 bridgehead atoms. The summed E-state index contributed by atoms with van der Waals surface area (Å²) in [6, 6.07) is 18.7. The van der Waals surface area contributed by atoms with Gasteiger partial charge in [0.25, 0.3) is 5.91 Å². The van der Waals surface area contributed by atoms with E-state index in [4.69, 9.17) is 9.73 Å². The molecule has 6 unspecified atom stereocenters. The molecule has 3 N–H and O–H groups in total. The van der Waals surface area contributed by atoms with Gasteiger partial charge in [0, 0.05) is 55.9 Å². The molecule has 3 aromatic rings. The van der Waals surface area contributed by atoms with Crippen LogP contribution in [0.25, 0.3) is 5.57 Å². The minimum atomic E-state index is -0.589. The molecule has 0 radical (unpaired) electrons. The summed E-state index contributed by atoms with van der Waals surface area (Å²) in [5, 5.41) is 8.54. The molecule has 2 aromatic carbocycles. The molecule has 2 aliphatic carbocycles. The summed E-state index contributed by atoms with van der Waals surface area (Å²) < 4.78 is 5.42. The van der Waals surface area contributed by atoms with Gasteiger partial charge in [0.1, 0.15) is 23.6 Å². The number of aryl methyl sites for hydroxylation is 1. The Balaban J connectivity index is 0.728. The summed E-state index contributed by atoms with van der Waals surface area (Å²) in [7, 11) is 2.20. The minimum absolute atomic E-state index is 0.0384. The summed E-state index contributed by atoms with van der Waals surface area (Å²) in [6.07, 6.45) is 24.2. The fourth-order valence-corrected chi connectivity index (χ4v) is 13.3. The zero-order valence-corrected chi connectivity index (χ0v) is 44.0. The second-order valence-electron chi connectivity index (χ2n) is 23.4. The summed E-state index contributed by atoms with van der Waals surface area (Å²) in [5.74, 6) is 3.62. The van der Waals surface area contributed by atoms with Crippen molar-refractivity contribution in [1.29, 1.82) is 0 Å². The summed E-state index contributed by atoms with van der Waals surface area (Å²) in [5.41, 5.74) is 8.43. The third-order valence-electron chi connectivity index (χ3n) is 17.3.